The van der Waals surface area contributed by atoms with Gasteiger partial charge in [-0.3, -0.25) is 4.79 Å². The largest absolute Gasteiger partial charge is 0.496 e. The molecule has 1 aromatic carbocycles. The lowest BCUT2D eigenvalue weighted by Gasteiger charge is -2.19. The standard InChI is InChI=1S/C13H20N2O2/c1-4-5-9-15(2)13(16)12-10(14)7-6-8-11(12)17-3/h6-8H,4-5,9,14H2,1-3H3. The third-order valence-corrected chi connectivity index (χ3v) is 2.69. The van der Waals surface area contributed by atoms with Crippen LogP contribution >= 0.6 is 0 Å². The second-order valence-corrected chi connectivity index (χ2v) is 4.00. The third kappa shape index (κ3) is 3.12. The summed E-state index contributed by atoms with van der Waals surface area (Å²) in [6.45, 7) is 2.82. The molecule has 4 nitrogen and oxygen atoms in total. The van der Waals surface area contributed by atoms with Crippen molar-refractivity contribution in [2.24, 2.45) is 0 Å². The first-order valence-corrected chi connectivity index (χ1v) is 5.79. The summed E-state index contributed by atoms with van der Waals surface area (Å²) in [4.78, 5) is 13.9. The van der Waals surface area contributed by atoms with Gasteiger partial charge in [0.25, 0.3) is 5.91 Å². The smallest absolute Gasteiger partial charge is 0.259 e. The maximum absolute atomic E-state index is 12.2. The Morgan fingerprint density at radius 3 is 2.76 bits per heavy atom. The number of amides is 1. The number of nitrogen functional groups attached to an aromatic ring is 1. The average molecular weight is 236 g/mol. The summed E-state index contributed by atoms with van der Waals surface area (Å²) >= 11 is 0. The molecule has 0 fully saturated rings. The van der Waals surface area contributed by atoms with Crippen LogP contribution in [-0.4, -0.2) is 31.5 Å². The quantitative estimate of drug-likeness (QED) is 0.797. The highest BCUT2D eigenvalue weighted by Gasteiger charge is 2.18. The van der Waals surface area contributed by atoms with Crippen molar-refractivity contribution >= 4 is 11.6 Å². The van der Waals surface area contributed by atoms with E-state index < -0.39 is 0 Å². The molecule has 0 aliphatic heterocycles. The van der Waals surface area contributed by atoms with E-state index in [1.807, 2.05) is 0 Å². The first-order chi connectivity index (χ1) is 8.11. The van der Waals surface area contributed by atoms with Crippen LogP contribution in [0.25, 0.3) is 0 Å². The summed E-state index contributed by atoms with van der Waals surface area (Å²) in [7, 11) is 3.32. The summed E-state index contributed by atoms with van der Waals surface area (Å²) in [6.07, 6.45) is 2.04. The molecule has 0 saturated carbocycles. The van der Waals surface area contributed by atoms with E-state index in [0.29, 0.717) is 17.0 Å². The second-order valence-electron chi connectivity index (χ2n) is 4.00. The summed E-state index contributed by atoms with van der Waals surface area (Å²) in [5.41, 5.74) is 6.75. The van der Waals surface area contributed by atoms with Crippen LogP contribution in [0.4, 0.5) is 5.69 Å². The highest BCUT2D eigenvalue weighted by Crippen LogP contribution is 2.25. The zero-order chi connectivity index (χ0) is 12.8. The number of unbranched alkanes of at least 4 members (excludes halogenated alkanes) is 1. The van der Waals surface area contributed by atoms with Crippen molar-refractivity contribution in [2.45, 2.75) is 19.8 Å². The number of rotatable bonds is 5. The molecule has 0 aliphatic rings. The van der Waals surface area contributed by atoms with Crippen LogP contribution in [0.2, 0.25) is 0 Å². The Labute approximate surface area is 102 Å². The number of ether oxygens (including phenoxy) is 1. The fourth-order valence-corrected chi connectivity index (χ4v) is 1.63. The Morgan fingerprint density at radius 1 is 1.47 bits per heavy atom. The number of nitrogens with zero attached hydrogens (tertiary/aromatic N) is 1. The van der Waals surface area contributed by atoms with E-state index in [-0.39, 0.29) is 5.91 Å². The molecule has 2 N–H and O–H groups in total. The molecule has 0 atom stereocenters. The molecule has 1 rings (SSSR count). The van der Waals surface area contributed by atoms with Gasteiger partial charge in [-0.1, -0.05) is 19.4 Å². The van der Waals surface area contributed by atoms with E-state index in [2.05, 4.69) is 6.92 Å². The summed E-state index contributed by atoms with van der Waals surface area (Å²) in [6, 6.07) is 5.23. The molecule has 0 aromatic heterocycles. The van der Waals surface area contributed by atoms with Crippen molar-refractivity contribution in [3.05, 3.63) is 23.8 Å². The van der Waals surface area contributed by atoms with Crippen molar-refractivity contribution in [3.8, 4) is 5.75 Å². The number of carbonyl (C=O) groups is 1. The molecule has 0 unspecified atom stereocenters. The minimum atomic E-state index is -0.0894. The van der Waals surface area contributed by atoms with Gasteiger partial charge in [-0.05, 0) is 18.6 Å². The lowest BCUT2D eigenvalue weighted by Crippen LogP contribution is -2.28. The molecule has 0 bridgehead atoms. The van der Waals surface area contributed by atoms with Gasteiger partial charge in [0.2, 0.25) is 0 Å². The van der Waals surface area contributed by atoms with E-state index in [1.54, 1.807) is 30.1 Å². The molecule has 4 heteroatoms. The monoisotopic (exact) mass is 236 g/mol. The highest BCUT2D eigenvalue weighted by molar-refractivity contribution is 6.01. The number of nitrogens with two attached hydrogens (primary N) is 1. The Bertz CT molecular complexity index is 391. The van der Waals surface area contributed by atoms with Gasteiger partial charge in [-0.25, -0.2) is 0 Å². The Balaban J connectivity index is 2.95. The van der Waals surface area contributed by atoms with E-state index in [0.717, 1.165) is 19.4 Å². The minimum Gasteiger partial charge on any atom is -0.496 e. The lowest BCUT2D eigenvalue weighted by molar-refractivity contribution is 0.0791. The maximum atomic E-state index is 12.2. The minimum absolute atomic E-state index is 0.0894. The van der Waals surface area contributed by atoms with Crippen molar-refractivity contribution < 1.29 is 9.53 Å². The van der Waals surface area contributed by atoms with E-state index in [4.69, 9.17) is 10.5 Å². The zero-order valence-corrected chi connectivity index (χ0v) is 10.7. The van der Waals surface area contributed by atoms with E-state index in [9.17, 15) is 4.79 Å². The van der Waals surface area contributed by atoms with Crippen molar-refractivity contribution in [3.63, 3.8) is 0 Å². The normalized spacial score (nSPS) is 10.1. The van der Waals surface area contributed by atoms with Crippen LogP contribution in [0.1, 0.15) is 30.1 Å². The van der Waals surface area contributed by atoms with Crippen LogP contribution in [0.15, 0.2) is 18.2 Å². The van der Waals surface area contributed by atoms with Crippen LogP contribution in [0.5, 0.6) is 5.75 Å². The molecule has 0 radical (unpaired) electrons. The molecule has 0 heterocycles. The molecule has 94 valence electrons. The van der Waals surface area contributed by atoms with Gasteiger partial charge in [0.05, 0.1) is 7.11 Å². The van der Waals surface area contributed by atoms with Crippen molar-refractivity contribution in [1.29, 1.82) is 0 Å². The summed E-state index contributed by atoms with van der Waals surface area (Å²) < 4.78 is 5.17. The molecule has 0 saturated heterocycles. The average Bonchev–Trinajstić information content (AvgIpc) is 2.34. The summed E-state index contributed by atoms with van der Waals surface area (Å²) in [5, 5.41) is 0. The number of hydrogen-bond acceptors (Lipinski definition) is 3. The first-order valence-electron chi connectivity index (χ1n) is 5.79. The van der Waals surface area contributed by atoms with Gasteiger partial charge < -0.3 is 15.4 Å². The fourth-order valence-electron chi connectivity index (χ4n) is 1.63. The first kappa shape index (κ1) is 13.4. The molecule has 1 aromatic rings. The predicted molar refractivity (Wildman–Crippen MR) is 69.3 cm³/mol. The number of anilines is 1. The number of carbonyl (C=O) groups excluding carboxylic acids is 1. The fraction of sp³-hybridized carbons (Fsp3) is 0.462. The van der Waals surface area contributed by atoms with Gasteiger partial charge in [0.15, 0.2) is 0 Å². The molecule has 0 aliphatic carbocycles. The van der Waals surface area contributed by atoms with Crippen LogP contribution in [0, 0.1) is 0 Å². The van der Waals surface area contributed by atoms with Gasteiger partial charge in [-0.2, -0.15) is 0 Å². The lowest BCUT2D eigenvalue weighted by atomic mass is 10.1. The zero-order valence-electron chi connectivity index (χ0n) is 10.7. The van der Waals surface area contributed by atoms with Crippen molar-refractivity contribution in [2.75, 3.05) is 26.4 Å². The SMILES string of the molecule is CCCCN(C)C(=O)c1c(N)cccc1OC. The summed E-state index contributed by atoms with van der Waals surface area (Å²) in [5.74, 6) is 0.437. The Morgan fingerprint density at radius 2 is 2.18 bits per heavy atom. The van der Waals surface area contributed by atoms with Gasteiger partial charge in [-0.15, -0.1) is 0 Å². The molecule has 17 heavy (non-hydrogen) atoms. The van der Waals surface area contributed by atoms with Crippen LogP contribution < -0.4 is 10.5 Å². The predicted octanol–water partition coefficient (Wildman–Crippen LogP) is 2.15. The number of methoxy groups -OCH3 is 1. The number of benzene rings is 1. The van der Waals surface area contributed by atoms with E-state index >= 15 is 0 Å². The molecule has 1 amide bonds. The molecule has 0 spiro atoms. The molecular formula is C13H20N2O2. The second kappa shape index (κ2) is 6.13. The van der Waals surface area contributed by atoms with Crippen LogP contribution in [-0.2, 0) is 0 Å². The third-order valence-electron chi connectivity index (χ3n) is 2.69. The Hall–Kier alpha value is -1.71. The van der Waals surface area contributed by atoms with Gasteiger partial charge in [0, 0.05) is 19.3 Å². The maximum Gasteiger partial charge on any atom is 0.259 e. The topological polar surface area (TPSA) is 55.6 Å². The van der Waals surface area contributed by atoms with Gasteiger partial charge >= 0.3 is 0 Å². The Kier molecular flexibility index (Phi) is 4.82. The number of hydrogen-bond donors (Lipinski definition) is 1. The van der Waals surface area contributed by atoms with Crippen molar-refractivity contribution in [1.82, 2.24) is 4.90 Å². The highest BCUT2D eigenvalue weighted by atomic mass is 16.5. The van der Waals surface area contributed by atoms with Gasteiger partial charge in [0.1, 0.15) is 11.3 Å². The van der Waals surface area contributed by atoms with E-state index in [1.165, 1.54) is 7.11 Å². The van der Waals surface area contributed by atoms with Crippen LogP contribution in [0.3, 0.4) is 0 Å². The molecular weight excluding hydrogens is 216 g/mol.